The zero-order valence-electron chi connectivity index (χ0n) is 11.4. The first-order valence-electron chi connectivity index (χ1n) is 5.24. The normalized spacial score (nSPS) is 16.9. The third-order valence-electron chi connectivity index (χ3n) is 2.21. The molecule has 0 saturated heterocycles. The van der Waals surface area contributed by atoms with Gasteiger partial charge in [-0.1, -0.05) is 5.70 Å². The van der Waals surface area contributed by atoms with Crippen LogP contribution in [0.1, 0.15) is 0 Å². The Labute approximate surface area is 102 Å². The highest BCUT2D eigenvalue weighted by atomic mass is 28.5. The molecule has 0 N–H and O–H groups in total. The van der Waals surface area contributed by atoms with Gasteiger partial charge in [0.15, 0.2) is 0 Å². The summed E-state index contributed by atoms with van der Waals surface area (Å²) in [6.07, 6.45) is 0. The van der Waals surface area contributed by atoms with E-state index in [0.717, 1.165) is 0 Å². The summed E-state index contributed by atoms with van der Waals surface area (Å²) in [4.78, 5) is 0. The van der Waals surface area contributed by atoms with Crippen LogP contribution in [0.3, 0.4) is 0 Å². The molecule has 0 radical (unpaired) electrons. The molecule has 1 atom stereocenters. The van der Waals surface area contributed by atoms with Gasteiger partial charge in [0.25, 0.3) is 0 Å². The first-order chi connectivity index (χ1) is 7.10. The van der Waals surface area contributed by atoms with E-state index in [1.54, 1.807) is 19.9 Å². The minimum Gasteiger partial charge on any atom is -0.415 e. The van der Waals surface area contributed by atoms with Crippen LogP contribution >= 0.6 is 0 Å². The molecule has 0 aromatic carbocycles. The molecule has 0 aromatic rings. The van der Waals surface area contributed by atoms with E-state index < -0.39 is 25.7 Å². The van der Waals surface area contributed by atoms with Crippen molar-refractivity contribution in [2.24, 2.45) is 0 Å². The number of rotatable bonds is 7. The zero-order valence-corrected chi connectivity index (χ0v) is 14.4. The van der Waals surface area contributed by atoms with Crippen LogP contribution in [-0.2, 0) is 17.1 Å². The van der Waals surface area contributed by atoms with Crippen LogP contribution in [0.5, 0.6) is 0 Å². The van der Waals surface area contributed by atoms with Gasteiger partial charge in [-0.15, -0.1) is 6.58 Å². The quantitative estimate of drug-likeness (QED) is 0.672. The van der Waals surface area contributed by atoms with E-state index in [9.17, 15) is 0 Å². The van der Waals surface area contributed by atoms with Gasteiger partial charge in [-0.05, 0) is 32.7 Å². The van der Waals surface area contributed by atoms with Crippen molar-refractivity contribution >= 4 is 25.7 Å². The van der Waals surface area contributed by atoms with E-state index in [0.29, 0.717) is 0 Å². The van der Waals surface area contributed by atoms with Crippen LogP contribution in [-0.4, -0.2) is 39.9 Å². The Kier molecular flexibility index (Phi) is 5.80. The Morgan fingerprint density at radius 1 is 0.812 bits per heavy atom. The van der Waals surface area contributed by atoms with Gasteiger partial charge < -0.3 is 17.1 Å². The second-order valence-electron chi connectivity index (χ2n) is 4.63. The van der Waals surface area contributed by atoms with Gasteiger partial charge in [0.05, 0.1) is 0 Å². The van der Waals surface area contributed by atoms with E-state index >= 15 is 0 Å². The van der Waals surface area contributed by atoms with Crippen LogP contribution in [0.25, 0.3) is 0 Å². The van der Waals surface area contributed by atoms with E-state index in [1.807, 2.05) is 32.7 Å². The molecule has 96 valence electrons. The molecule has 7 heteroatoms. The van der Waals surface area contributed by atoms with Crippen molar-refractivity contribution in [3.05, 3.63) is 12.3 Å². The molecule has 0 aliphatic rings. The number of hydrogen-bond donors (Lipinski definition) is 0. The van der Waals surface area contributed by atoms with Crippen LogP contribution < -0.4 is 0 Å². The minimum atomic E-state index is -2.28. The molecule has 0 aliphatic carbocycles. The maximum absolute atomic E-state index is 6.03. The van der Waals surface area contributed by atoms with E-state index in [4.69, 9.17) is 17.1 Å². The van der Waals surface area contributed by atoms with Crippen molar-refractivity contribution in [3.8, 4) is 0 Å². The highest BCUT2D eigenvalue weighted by Gasteiger charge is 2.41. The first kappa shape index (κ1) is 16.2. The Balaban J connectivity index is 4.62. The zero-order chi connectivity index (χ0) is 13.0. The Morgan fingerprint density at radius 2 is 1.31 bits per heavy atom. The predicted octanol–water partition coefficient (Wildman–Crippen LogP) is 2.51. The highest BCUT2D eigenvalue weighted by molar-refractivity contribution is 6.86. The topological polar surface area (TPSA) is 36.9 Å². The Hall–Kier alpha value is 0.231. The van der Waals surface area contributed by atoms with Gasteiger partial charge in [0, 0.05) is 14.2 Å². The molecule has 0 heterocycles. The van der Waals surface area contributed by atoms with Crippen LogP contribution in [0.15, 0.2) is 12.3 Å². The van der Waals surface area contributed by atoms with Crippen molar-refractivity contribution in [1.29, 1.82) is 0 Å². The molecule has 1 unspecified atom stereocenters. The second kappa shape index (κ2) is 5.72. The van der Waals surface area contributed by atoms with Crippen molar-refractivity contribution in [2.45, 2.75) is 32.7 Å². The summed E-state index contributed by atoms with van der Waals surface area (Å²) in [5.74, 6) is 0. The molecular weight excluding hydrogens is 256 g/mol. The molecule has 0 fully saturated rings. The second-order valence-corrected chi connectivity index (χ2v) is 15.1. The summed E-state index contributed by atoms with van der Waals surface area (Å²) in [6, 6.07) is 0. The van der Waals surface area contributed by atoms with Crippen molar-refractivity contribution < 1.29 is 17.1 Å². The standard InChI is InChI=1S/C9H24O4Si3/c1-9-16(8,11-3)13-15(6,7)12-14(4,5)10-2/h9H,1H2,2-8H3. The average Bonchev–Trinajstić information content (AvgIpc) is 2.15. The van der Waals surface area contributed by atoms with Crippen molar-refractivity contribution in [2.75, 3.05) is 14.2 Å². The van der Waals surface area contributed by atoms with Crippen LogP contribution in [0.4, 0.5) is 0 Å². The summed E-state index contributed by atoms with van der Waals surface area (Å²) in [7, 11) is -3.25. The fourth-order valence-electron chi connectivity index (χ4n) is 1.31. The van der Waals surface area contributed by atoms with Gasteiger partial charge in [0.2, 0.25) is 0 Å². The predicted molar refractivity (Wildman–Crippen MR) is 73.0 cm³/mol. The highest BCUT2D eigenvalue weighted by Crippen LogP contribution is 2.21. The molecular formula is C9H24O4Si3. The fraction of sp³-hybridized carbons (Fsp3) is 0.778. The van der Waals surface area contributed by atoms with Gasteiger partial charge in [-0.3, -0.25) is 0 Å². The van der Waals surface area contributed by atoms with Gasteiger partial charge in [-0.2, -0.15) is 0 Å². The monoisotopic (exact) mass is 280 g/mol. The molecule has 0 spiro atoms. The van der Waals surface area contributed by atoms with E-state index in [1.165, 1.54) is 0 Å². The maximum atomic E-state index is 6.03. The third kappa shape index (κ3) is 5.53. The lowest BCUT2D eigenvalue weighted by Gasteiger charge is -2.36. The van der Waals surface area contributed by atoms with Crippen LogP contribution in [0, 0.1) is 0 Å². The Bertz CT molecular complexity index is 245. The molecule has 0 amide bonds. The lowest BCUT2D eigenvalue weighted by atomic mass is 11.3. The summed E-state index contributed by atoms with van der Waals surface area (Å²) in [5, 5.41) is 0. The molecule has 0 saturated carbocycles. The van der Waals surface area contributed by atoms with Gasteiger partial charge in [0.1, 0.15) is 0 Å². The lowest BCUT2D eigenvalue weighted by Crippen LogP contribution is -2.54. The minimum absolute atomic E-state index is 1.65. The molecule has 0 rings (SSSR count). The number of hydrogen-bond acceptors (Lipinski definition) is 4. The largest absolute Gasteiger partial charge is 0.415 e. The van der Waals surface area contributed by atoms with E-state index in [-0.39, 0.29) is 0 Å². The van der Waals surface area contributed by atoms with Gasteiger partial charge in [-0.25, -0.2) is 0 Å². The molecule has 4 nitrogen and oxygen atoms in total. The average molecular weight is 281 g/mol. The van der Waals surface area contributed by atoms with Crippen LogP contribution in [0.2, 0.25) is 32.7 Å². The van der Waals surface area contributed by atoms with Gasteiger partial charge >= 0.3 is 25.7 Å². The van der Waals surface area contributed by atoms with Crippen molar-refractivity contribution in [3.63, 3.8) is 0 Å². The summed E-state index contributed by atoms with van der Waals surface area (Å²) in [5.41, 5.74) is 1.77. The summed E-state index contributed by atoms with van der Waals surface area (Å²) in [6.45, 7) is 13.7. The summed E-state index contributed by atoms with van der Waals surface area (Å²) >= 11 is 0. The molecule has 0 aromatic heterocycles. The summed E-state index contributed by atoms with van der Waals surface area (Å²) < 4.78 is 22.8. The lowest BCUT2D eigenvalue weighted by molar-refractivity contribution is 0.251. The first-order valence-corrected chi connectivity index (χ1v) is 13.3. The van der Waals surface area contributed by atoms with E-state index in [2.05, 4.69) is 6.58 Å². The SMILES string of the molecule is C=C[Si](C)(OC)O[Si](C)(C)O[Si](C)(C)OC. The molecule has 16 heavy (non-hydrogen) atoms. The smallest absolute Gasteiger partial charge is 0.352 e. The van der Waals surface area contributed by atoms with Crippen molar-refractivity contribution in [1.82, 2.24) is 0 Å². The maximum Gasteiger partial charge on any atom is 0.352 e. The molecule has 0 aliphatic heterocycles. The molecule has 0 bridgehead atoms. The fourth-order valence-corrected chi connectivity index (χ4v) is 11.7. The third-order valence-corrected chi connectivity index (χ3v) is 12.3. The Morgan fingerprint density at radius 3 is 1.62 bits per heavy atom.